The van der Waals surface area contributed by atoms with E-state index in [1.54, 1.807) is 0 Å². The highest BCUT2D eigenvalue weighted by molar-refractivity contribution is 6.29. The van der Waals surface area contributed by atoms with Crippen LogP contribution in [0.1, 0.15) is 19.4 Å². The lowest BCUT2D eigenvalue weighted by molar-refractivity contribution is 0.648. The number of pyridine rings is 1. The first kappa shape index (κ1) is 10.4. The van der Waals surface area contributed by atoms with E-state index in [0.29, 0.717) is 11.1 Å². The monoisotopic (exact) mass is 219 g/mol. The second-order valence-electron chi connectivity index (χ2n) is 4.26. The molecule has 2 heteroatoms. The third-order valence-electron chi connectivity index (χ3n) is 2.37. The summed E-state index contributed by atoms with van der Waals surface area (Å²) in [7, 11) is 0. The largest absolute Gasteiger partial charge is 0.236 e. The molecule has 0 fully saturated rings. The van der Waals surface area contributed by atoms with Gasteiger partial charge in [-0.2, -0.15) is 0 Å². The summed E-state index contributed by atoms with van der Waals surface area (Å²) in [5.41, 5.74) is 2.31. The van der Waals surface area contributed by atoms with Crippen molar-refractivity contribution in [3.8, 4) is 0 Å². The molecular weight excluding hydrogens is 206 g/mol. The van der Waals surface area contributed by atoms with Gasteiger partial charge in [0.2, 0.25) is 0 Å². The molecule has 2 aromatic rings. The molecule has 0 aliphatic heterocycles. The van der Waals surface area contributed by atoms with E-state index in [1.165, 1.54) is 5.56 Å². The third-order valence-corrected chi connectivity index (χ3v) is 2.58. The summed E-state index contributed by atoms with van der Waals surface area (Å²) in [6.07, 6.45) is 1.09. The molecule has 0 amide bonds. The summed E-state index contributed by atoms with van der Waals surface area (Å²) in [4.78, 5) is 4.31. The number of rotatable bonds is 2. The summed E-state index contributed by atoms with van der Waals surface area (Å²) in [5.74, 6) is 0.668. The number of hydrogen-bond acceptors (Lipinski definition) is 1. The molecule has 78 valence electrons. The van der Waals surface area contributed by atoms with Gasteiger partial charge >= 0.3 is 0 Å². The zero-order chi connectivity index (χ0) is 10.8. The van der Waals surface area contributed by atoms with Crippen LogP contribution in [-0.2, 0) is 6.42 Å². The predicted molar refractivity (Wildman–Crippen MR) is 65.3 cm³/mol. The Morgan fingerprint density at radius 1 is 1.20 bits per heavy atom. The summed E-state index contributed by atoms with van der Waals surface area (Å²) in [6.45, 7) is 4.44. The molecule has 0 atom stereocenters. The van der Waals surface area contributed by atoms with Gasteiger partial charge < -0.3 is 0 Å². The van der Waals surface area contributed by atoms with E-state index in [9.17, 15) is 0 Å². The van der Waals surface area contributed by atoms with Gasteiger partial charge in [-0.05, 0) is 36.1 Å². The van der Waals surface area contributed by atoms with Crippen molar-refractivity contribution in [2.75, 3.05) is 0 Å². The quantitative estimate of drug-likeness (QED) is 0.694. The molecule has 0 N–H and O–H groups in total. The maximum atomic E-state index is 5.87. The van der Waals surface area contributed by atoms with Crippen LogP contribution < -0.4 is 0 Å². The van der Waals surface area contributed by atoms with E-state index in [-0.39, 0.29) is 0 Å². The molecule has 15 heavy (non-hydrogen) atoms. The van der Waals surface area contributed by atoms with E-state index < -0.39 is 0 Å². The Balaban J connectivity index is 2.45. The number of hydrogen-bond donors (Lipinski definition) is 0. The minimum atomic E-state index is 0.559. The maximum Gasteiger partial charge on any atom is 0.129 e. The van der Waals surface area contributed by atoms with Crippen LogP contribution in [0.25, 0.3) is 10.9 Å². The minimum absolute atomic E-state index is 0.559. The molecule has 0 saturated heterocycles. The Morgan fingerprint density at radius 3 is 2.67 bits per heavy atom. The second kappa shape index (κ2) is 4.19. The number of halogens is 1. The van der Waals surface area contributed by atoms with Crippen LogP contribution in [0, 0.1) is 5.92 Å². The highest BCUT2D eigenvalue weighted by Crippen LogP contribution is 2.18. The van der Waals surface area contributed by atoms with Gasteiger partial charge in [0.1, 0.15) is 5.15 Å². The van der Waals surface area contributed by atoms with Crippen LogP contribution >= 0.6 is 11.6 Å². The van der Waals surface area contributed by atoms with Gasteiger partial charge in [-0.3, -0.25) is 0 Å². The molecule has 1 aromatic carbocycles. The van der Waals surface area contributed by atoms with Crippen LogP contribution in [0.2, 0.25) is 5.15 Å². The topological polar surface area (TPSA) is 12.9 Å². The molecule has 0 aliphatic rings. The van der Waals surface area contributed by atoms with E-state index in [2.05, 4.69) is 37.0 Å². The lowest BCUT2D eigenvalue weighted by Crippen LogP contribution is -1.94. The van der Waals surface area contributed by atoms with E-state index in [1.807, 2.05) is 12.1 Å². The molecule has 0 saturated carbocycles. The lowest BCUT2D eigenvalue weighted by atomic mass is 10.0. The molecule has 0 spiro atoms. The van der Waals surface area contributed by atoms with Crippen LogP contribution in [0.4, 0.5) is 0 Å². The van der Waals surface area contributed by atoms with Gasteiger partial charge in [0, 0.05) is 5.39 Å². The molecule has 0 bridgehead atoms. The second-order valence-corrected chi connectivity index (χ2v) is 4.65. The number of aromatic nitrogens is 1. The van der Waals surface area contributed by atoms with Gasteiger partial charge in [0.15, 0.2) is 0 Å². The standard InChI is InChI=1S/C13H14ClN/c1-9(2)7-10-3-4-11-5-6-13(14)15-12(11)8-10/h3-6,8-9H,7H2,1-2H3. The zero-order valence-electron chi connectivity index (χ0n) is 9.00. The van der Waals surface area contributed by atoms with Gasteiger partial charge in [-0.25, -0.2) is 4.98 Å². The first-order valence-electron chi connectivity index (χ1n) is 5.20. The molecule has 1 aromatic heterocycles. The minimum Gasteiger partial charge on any atom is -0.236 e. The van der Waals surface area contributed by atoms with Crippen molar-refractivity contribution in [1.82, 2.24) is 4.98 Å². The lowest BCUT2D eigenvalue weighted by Gasteiger charge is -2.06. The first-order chi connectivity index (χ1) is 7.15. The predicted octanol–water partition coefficient (Wildman–Crippen LogP) is 4.09. The van der Waals surface area contributed by atoms with Crippen LogP contribution in [-0.4, -0.2) is 4.98 Å². The van der Waals surface area contributed by atoms with E-state index in [0.717, 1.165) is 17.3 Å². The molecule has 0 radical (unpaired) electrons. The van der Waals surface area contributed by atoms with Crippen molar-refractivity contribution < 1.29 is 0 Å². The highest BCUT2D eigenvalue weighted by Gasteiger charge is 2.01. The average Bonchev–Trinajstić information content (AvgIpc) is 2.16. The van der Waals surface area contributed by atoms with Gasteiger partial charge in [0.25, 0.3) is 0 Å². The van der Waals surface area contributed by atoms with Crippen LogP contribution in [0.15, 0.2) is 30.3 Å². The Morgan fingerprint density at radius 2 is 1.93 bits per heavy atom. The van der Waals surface area contributed by atoms with Gasteiger partial charge in [-0.15, -0.1) is 0 Å². The average molecular weight is 220 g/mol. The van der Waals surface area contributed by atoms with E-state index >= 15 is 0 Å². The highest BCUT2D eigenvalue weighted by atomic mass is 35.5. The Bertz CT molecular complexity index is 477. The molecule has 0 aliphatic carbocycles. The summed E-state index contributed by atoms with van der Waals surface area (Å²) < 4.78 is 0. The molecule has 2 rings (SSSR count). The fraction of sp³-hybridized carbons (Fsp3) is 0.308. The molecular formula is C13H14ClN. The maximum absolute atomic E-state index is 5.87. The van der Waals surface area contributed by atoms with Crippen molar-refractivity contribution in [3.63, 3.8) is 0 Å². The zero-order valence-corrected chi connectivity index (χ0v) is 9.75. The Labute approximate surface area is 95.1 Å². The van der Waals surface area contributed by atoms with Crippen molar-refractivity contribution >= 4 is 22.5 Å². The van der Waals surface area contributed by atoms with Crippen LogP contribution in [0.3, 0.4) is 0 Å². The van der Waals surface area contributed by atoms with Crippen molar-refractivity contribution in [2.24, 2.45) is 5.92 Å². The number of benzene rings is 1. The van der Waals surface area contributed by atoms with Crippen molar-refractivity contribution in [3.05, 3.63) is 41.0 Å². The van der Waals surface area contributed by atoms with Crippen molar-refractivity contribution in [1.29, 1.82) is 0 Å². The Kier molecular flexibility index (Phi) is 2.92. The van der Waals surface area contributed by atoms with Gasteiger partial charge in [-0.1, -0.05) is 37.6 Å². The summed E-state index contributed by atoms with van der Waals surface area (Å²) >= 11 is 5.87. The van der Waals surface area contributed by atoms with E-state index in [4.69, 9.17) is 11.6 Å². The number of fused-ring (bicyclic) bond motifs is 1. The Hall–Kier alpha value is -1.08. The normalized spacial score (nSPS) is 11.2. The third kappa shape index (κ3) is 2.48. The SMILES string of the molecule is CC(C)Cc1ccc2ccc(Cl)nc2c1. The summed E-state index contributed by atoms with van der Waals surface area (Å²) in [5, 5.41) is 1.70. The fourth-order valence-electron chi connectivity index (χ4n) is 1.74. The molecule has 0 unspecified atom stereocenters. The van der Waals surface area contributed by atoms with Gasteiger partial charge in [0.05, 0.1) is 5.52 Å². The first-order valence-corrected chi connectivity index (χ1v) is 5.58. The van der Waals surface area contributed by atoms with Crippen molar-refractivity contribution in [2.45, 2.75) is 20.3 Å². The molecule has 1 nitrogen and oxygen atoms in total. The summed E-state index contributed by atoms with van der Waals surface area (Å²) in [6, 6.07) is 10.2. The fourth-order valence-corrected chi connectivity index (χ4v) is 1.89. The molecule has 1 heterocycles. The number of nitrogens with zero attached hydrogens (tertiary/aromatic N) is 1. The smallest absolute Gasteiger partial charge is 0.129 e. The van der Waals surface area contributed by atoms with Crippen LogP contribution in [0.5, 0.6) is 0 Å².